The number of ether oxygens (including phenoxy) is 1. The first-order chi connectivity index (χ1) is 19.9. The maximum Gasteiger partial charge on any atom is 0.333 e. The number of carbonyl (C=O) groups is 3. The third-order valence-corrected chi connectivity index (χ3v) is 7.16. The van der Waals surface area contributed by atoms with E-state index in [9.17, 15) is 14.4 Å². The number of carbonyl (C=O) groups excluding carboxylic acids is 3. The fraction of sp³-hybridized carbons (Fsp3) is 0.182. The molecule has 1 atom stereocenters. The monoisotopic (exact) mass is 613 g/mol. The molecular weight excluding hydrogens is 582 g/mol. The van der Waals surface area contributed by atoms with Crippen LogP contribution in [0.2, 0.25) is 0 Å². The van der Waals surface area contributed by atoms with Crippen LogP contribution in [0.4, 0.5) is 0 Å². The summed E-state index contributed by atoms with van der Waals surface area (Å²) in [6.45, 7) is 0.868. The Morgan fingerprint density at radius 1 is 0.878 bits per heavy atom. The molecule has 0 aliphatic rings. The lowest BCUT2D eigenvalue weighted by Gasteiger charge is -2.31. The van der Waals surface area contributed by atoms with Crippen LogP contribution in [-0.2, 0) is 27.3 Å². The van der Waals surface area contributed by atoms with Crippen molar-refractivity contribution in [1.29, 1.82) is 0 Å². The largest absolute Gasteiger partial charge is 0.467 e. The van der Waals surface area contributed by atoms with Gasteiger partial charge < -0.3 is 20.7 Å². The minimum absolute atomic E-state index is 0.109. The number of esters is 1. The number of nitrogens with one attached hydrogen (secondary N) is 1. The molecule has 4 aromatic rings. The molecule has 0 heterocycles. The number of benzene rings is 4. The highest BCUT2D eigenvalue weighted by Gasteiger charge is 2.32. The first-order valence-corrected chi connectivity index (χ1v) is 14.0. The van der Waals surface area contributed by atoms with Gasteiger partial charge in [0.05, 0.1) is 13.5 Å². The Labute approximate surface area is 248 Å². The van der Waals surface area contributed by atoms with Crippen molar-refractivity contribution < 1.29 is 19.1 Å². The van der Waals surface area contributed by atoms with Crippen LogP contribution in [0.1, 0.15) is 33.1 Å². The van der Waals surface area contributed by atoms with E-state index in [1.165, 1.54) is 7.11 Å². The van der Waals surface area contributed by atoms with Gasteiger partial charge in [0.1, 0.15) is 0 Å². The Morgan fingerprint density at radius 3 is 2.29 bits per heavy atom. The quantitative estimate of drug-likeness (QED) is 0.224. The number of nitrogens with zero attached hydrogens (tertiary/aromatic N) is 1. The molecule has 0 aliphatic heterocycles. The molecule has 0 saturated heterocycles. The Hall–Kier alpha value is -4.27. The van der Waals surface area contributed by atoms with Crippen LogP contribution in [0.15, 0.2) is 108 Å². The fourth-order valence-electron chi connectivity index (χ4n) is 4.64. The molecule has 0 saturated carbocycles. The molecule has 8 heteroatoms. The zero-order valence-corrected chi connectivity index (χ0v) is 24.3. The van der Waals surface area contributed by atoms with E-state index in [0.717, 1.165) is 26.7 Å². The first kappa shape index (κ1) is 29.7. The van der Waals surface area contributed by atoms with Crippen molar-refractivity contribution in [2.24, 2.45) is 5.73 Å². The van der Waals surface area contributed by atoms with Gasteiger partial charge >= 0.3 is 5.97 Å². The highest BCUT2D eigenvalue weighted by atomic mass is 79.9. The van der Waals surface area contributed by atoms with Crippen molar-refractivity contribution in [2.75, 3.05) is 20.2 Å². The van der Waals surface area contributed by atoms with Crippen molar-refractivity contribution >= 4 is 33.7 Å². The summed E-state index contributed by atoms with van der Waals surface area (Å²) in [7, 11) is 1.32. The Bertz CT molecular complexity index is 1490. The van der Waals surface area contributed by atoms with E-state index in [0.29, 0.717) is 24.2 Å². The SMILES string of the molecule is COC(=O)C(c1ccccc1)N(Cc1cccc(-c2ccccc2C(=O)NCCN)c1)C(=O)Cc1ccc(Br)cc1. The normalized spacial score (nSPS) is 11.4. The van der Waals surface area contributed by atoms with Crippen molar-refractivity contribution in [1.82, 2.24) is 10.2 Å². The summed E-state index contributed by atoms with van der Waals surface area (Å²) in [6, 6.07) is 30.7. The van der Waals surface area contributed by atoms with E-state index in [-0.39, 0.29) is 24.8 Å². The van der Waals surface area contributed by atoms with Gasteiger partial charge in [-0.2, -0.15) is 0 Å². The maximum absolute atomic E-state index is 13.9. The average Bonchev–Trinajstić information content (AvgIpc) is 3.01. The highest BCUT2D eigenvalue weighted by Crippen LogP contribution is 2.29. The Balaban J connectivity index is 1.72. The minimum Gasteiger partial charge on any atom is -0.467 e. The molecule has 0 radical (unpaired) electrons. The highest BCUT2D eigenvalue weighted by molar-refractivity contribution is 9.10. The van der Waals surface area contributed by atoms with Gasteiger partial charge in [0.2, 0.25) is 5.91 Å². The molecular formula is C33H32BrN3O4. The summed E-state index contributed by atoms with van der Waals surface area (Å²) >= 11 is 3.43. The lowest BCUT2D eigenvalue weighted by molar-refractivity contribution is -0.153. The molecule has 210 valence electrons. The summed E-state index contributed by atoms with van der Waals surface area (Å²) in [5.41, 5.74) is 9.94. The number of amides is 2. The first-order valence-electron chi connectivity index (χ1n) is 13.2. The van der Waals surface area contributed by atoms with E-state index < -0.39 is 12.0 Å². The lowest BCUT2D eigenvalue weighted by Crippen LogP contribution is -2.40. The van der Waals surface area contributed by atoms with Crippen LogP contribution in [0.3, 0.4) is 0 Å². The number of methoxy groups -OCH3 is 1. The zero-order chi connectivity index (χ0) is 29.2. The smallest absolute Gasteiger partial charge is 0.333 e. The third-order valence-electron chi connectivity index (χ3n) is 6.63. The predicted molar refractivity (Wildman–Crippen MR) is 163 cm³/mol. The molecule has 7 nitrogen and oxygen atoms in total. The van der Waals surface area contributed by atoms with E-state index >= 15 is 0 Å². The van der Waals surface area contributed by atoms with Crippen LogP contribution in [0, 0.1) is 0 Å². The number of rotatable bonds is 11. The van der Waals surface area contributed by atoms with Crippen molar-refractivity contribution in [2.45, 2.75) is 19.0 Å². The van der Waals surface area contributed by atoms with Gasteiger partial charge in [0.25, 0.3) is 5.91 Å². The van der Waals surface area contributed by atoms with Gasteiger partial charge in [0, 0.05) is 29.7 Å². The number of nitrogens with two attached hydrogens (primary N) is 1. The van der Waals surface area contributed by atoms with Gasteiger partial charge in [-0.25, -0.2) is 4.79 Å². The van der Waals surface area contributed by atoms with E-state index in [1.54, 1.807) is 11.0 Å². The van der Waals surface area contributed by atoms with Crippen molar-refractivity contribution in [3.05, 3.63) is 130 Å². The van der Waals surface area contributed by atoms with Crippen LogP contribution in [0.25, 0.3) is 11.1 Å². The van der Waals surface area contributed by atoms with Gasteiger partial charge in [-0.15, -0.1) is 0 Å². The Kier molecular flexibility index (Phi) is 10.4. The molecule has 0 fully saturated rings. The second-order valence-corrected chi connectivity index (χ2v) is 10.4. The molecule has 0 spiro atoms. The number of hydrogen-bond donors (Lipinski definition) is 2. The maximum atomic E-state index is 13.9. The van der Waals surface area contributed by atoms with Crippen molar-refractivity contribution in [3.8, 4) is 11.1 Å². The van der Waals surface area contributed by atoms with E-state index in [1.807, 2.05) is 97.1 Å². The molecule has 1 unspecified atom stereocenters. The van der Waals surface area contributed by atoms with Crippen LogP contribution in [-0.4, -0.2) is 42.9 Å². The summed E-state index contributed by atoms with van der Waals surface area (Å²) < 4.78 is 6.09. The van der Waals surface area contributed by atoms with Gasteiger partial charge in [-0.05, 0) is 52.1 Å². The third kappa shape index (κ3) is 7.68. The summed E-state index contributed by atoms with van der Waals surface area (Å²) in [5, 5.41) is 2.83. The summed E-state index contributed by atoms with van der Waals surface area (Å²) in [6.07, 6.45) is 0.109. The lowest BCUT2D eigenvalue weighted by atomic mass is 9.97. The topological polar surface area (TPSA) is 102 Å². The molecule has 3 N–H and O–H groups in total. The Morgan fingerprint density at radius 2 is 1.59 bits per heavy atom. The minimum atomic E-state index is -0.942. The summed E-state index contributed by atoms with van der Waals surface area (Å²) in [5.74, 6) is -0.963. The number of hydrogen-bond acceptors (Lipinski definition) is 5. The van der Waals surface area contributed by atoms with Crippen LogP contribution >= 0.6 is 15.9 Å². The molecule has 0 bridgehead atoms. The van der Waals surface area contributed by atoms with E-state index in [2.05, 4.69) is 21.2 Å². The molecule has 2 amide bonds. The second kappa shape index (κ2) is 14.4. The van der Waals surface area contributed by atoms with Crippen LogP contribution < -0.4 is 11.1 Å². The van der Waals surface area contributed by atoms with Gasteiger partial charge in [-0.3, -0.25) is 9.59 Å². The molecule has 4 aromatic carbocycles. The fourth-order valence-corrected chi connectivity index (χ4v) is 4.90. The average molecular weight is 615 g/mol. The predicted octanol–water partition coefficient (Wildman–Crippen LogP) is 5.29. The standard InChI is InChI=1S/C33H32BrN3O4/c1-41-33(40)31(25-9-3-2-4-10-25)37(30(38)21-23-14-16-27(34)17-15-23)22-24-8-7-11-26(20-24)28-12-5-6-13-29(28)32(39)36-19-18-35/h2-17,20,31H,18-19,21-22,35H2,1H3,(H,36,39). The summed E-state index contributed by atoms with van der Waals surface area (Å²) in [4.78, 5) is 41.4. The number of halogens is 1. The van der Waals surface area contributed by atoms with Crippen LogP contribution in [0.5, 0.6) is 0 Å². The molecule has 4 rings (SSSR count). The van der Waals surface area contributed by atoms with Gasteiger partial charge in [0.15, 0.2) is 6.04 Å². The molecule has 0 aromatic heterocycles. The molecule has 41 heavy (non-hydrogen) atoms. The molecule has 0 aliphatic carbocycles. The van der Waals surface area contributed by atoms with Gasteiger partial charge in [-0.1, -0.05) is 94.8 Å². The second-order valence-electron chi connectivity index (χ2n) is 9.45. The zero-order valence-electron chi connectivity index (χ0n) is 22.8. The van der Waals surface area contributed by atoms with Crippen molar-refractivity contribution in [3.63, 3.8) is 0 Å². The van der Waals surface area contributed by atoms with E-state index in [4.69, 9.17) is 10.5 Å².